The molecule has 4 saturated carbocycles. The molecule has 20 heavy (non-hydrogen) atoms. The summed E-state index contributed by atoms with van der Waals surface area (Å²) in [4.78, 5) is 12.0. The van der Waals surface area contributed by atoms with Gasteiger partial charge in [-0.3, -0.25) is 9.48 Å². The van der Waals surface area contributed by atoms with Gasteiger partial charge in [-0.05, 0) is 55.8 Å². The molecule has 1 aromatic heterocycles. The van der Waals surface area contributed by atoms with Crippen molar-refractivity contribution in [3.05, 3.63) is 17.5 Å². The fourth-order valence-corrected chi connectivity index (χ4v) is 5.66. The maximum Gasteiger partial charge on any atom is 0.180 e. The van der Waals surface area contributed by atoms with E-state index in [1.54, 1.807) is 0 Å². The molecule has 0 amide bonds. The largest absolute Gasteiger partial charge is 0.304 e. The van der Waals surface area contributed by atoms with E-state index in [2.05, 4.69) is 16.2 Å². The molecule has 4 bridgehead atoms. The number of fused-ring (bicyclic) bond motifs is 1. The van der Waals surface area contributed by atoms with Gasteiger partial charge in [0.2, 0.25) is 0 Å². The molecule has 0 unspecified atom stereocenters. The lowest BCUT2D eigenvalue weighted by Crippen LogP contribution is -2.46. The van der Waals surface area contributed by atoms with Crippen molar-refractivity contribution >= 4 is 5.78 Å². The average molecular weight is 271 g/mol. The summed E-state index contributed by atoms with van der Waals surface area (Å²) in [5.41, 5.74) is 1.84. The first kappa shape index (κ1) is 11.5. The normalized spacial score (nSPS) is 42.0. The minimum Gasteiger partial charge on any atom is -0.304 e. The van der Waals surface area contributed by atoms with Gasteiger partial charge in [0.15, 0.2) is 5.78 Å². The number of hydrogen-bond donors (Lipinski definition) is 1. The van der Waals surface area contributed by atoms with Crippen molar-refractivity contribution in [1.29, 1.82) is 0 Å². The van der Waals surface area contributed by atoms with Crippen molar-refractivity contribution in [2.24, 2.45) is 23.7 Å². The van der Waals surface area contributed by atoms with Gasteiger partial charge < -0.3 is 5.32 Å². The number of carbonyl (C=O) groups excluding carboxylic acids is 1. The van der Waals surface area contributed by atoms with Gasteiger partial charge in [-0.2, -0.15) is 5.10 Å². The van der Waals surface area contributed by atoms with Crippen LogP contribution in [-0.2, 0) is 6.54 Å². The molecule has 1 aromatic rings. The van der Waals surface area contributed by atoms with Gasteiger partial charge in [-0.15, -0.1) is 0 Å². The van der Waals surface area contributed by atoms with Crippen molar-refractivity contribution in [2.75, 3.05) is 6.54 Å². The van der Waals surface area contributed by atoms with E-state index >= 15 is 0 Å². The van der Waals surface area contributed by atoms with E-state index in [-0.39, 0.29) is 5.78 Å². The molecule has 4 nitrogen and oxygen atoms in total. The molecule has 6 rings (SSSR count). The number of aromatic nitrogens is 2. The van der Waals surface area contributed by atoms with Crippen LogP contribution >= 0.6 is 0 Å². The second-order valence-corrected chi connectivity index (χ2v) is 7.42. The highest BCUT2D eigenvalue weighted by Gasteiger charge is 2.49. The Morgan fingerprint density at radius 1 is 1.05 bits per heavy atom. The standard InChI is InChI=1S/C16H21N3O/c20-15-7-17-6-14-13(15)8-19(18-14)16-11-2-9-1-10(4-11)5-12(16)3-9/h8-12,16-17H,1-7H2. The van der Waals surface area contributed by atoms with E-state index in [4.69, 9.17) is 5.10 Å². The summed E-state index contributed by atoms with van der Waals surface area (Å²) in [5, 5.41) is 7.93. The number of nitrogens with one attached hydrogen (secondary N) is 1. The van der Waals surface area contributed by atoms with Crippen molar-refractivity contribution in [3.8, 4) is 0 Å². The number of ketones is 1. The predicted octanol–water partition coefficient (Wildman–Crippen LogP) is 2.17. The summed E-state index contributed by atoms with van der Waals surface area (Å²) >= 11 is 0. The number of rotatable bonds is 1. The maximum atomic E-state index is 12.0. The lowest BCUT2D eigenvalue weighted by molar-refractivity contribution is -0.0337. The summed E-state index contributed by atoms with van der Waals surface area (Å²) in [5.74, 6) is 3.82. The molecule has 4 heteroatoms. The summed E-state index contributed by atoms with van der Waals surface area (Å²) in [6.45, 7) is 1.22. The molecule has 2 heterocycles. The lowest BCUT2D eigenvalue weighted by atomic mass is 9.54. The molecule has 0 spiro atoms. The Bertz CT molecular complexity index is 548. The molecule has 4 fully saturated rings. The van der Waals surface area contributed by atoms with Crippen LogP contribution in [0.25, 0.3) is 0 Å². The van der Waals surface area contributed by atoms with Gasteiger partial charge in [0.1, 0.15) is 0 Å². The molecule has 1 aliphatic heterocycles. The quantitative estimate of drug-likeness (QED) is 0.851. The third-order valence-electron chi connectivity index (χ3n) is 6.17. The first-order chi connectivity index (χ1) is 9.78. The van der Waals surface area contributed by atoms with Crippen molar-refractivity contribution in [1.82, 2.24) is 15.1 Å². The maximum absolute atomic E-state index is 12.0. The Labute approximate surface area is 118 Å². The molecule has 0 aromatic carbocycles. The first-order valence-electron chi connectivity index (χ1n) is 8.10. The second-order valence-electron chi connectivity index (χ2n) is 7.42. The van der Waals surface area contributed by atoms with Crippen LogP contribution < -0.4 is 5.32 Å². The summed E-state index contributed by atoms with van der Waals surface area (Å²) in [7, 11) is 0. The monoisotopic (exact) mass is 271 g/mol. The fourth-order valence-electron chi connectivity index (χ4n) is 5.66. The van der Waals surface area contributed by atoms with Crippen molar-refractivity contribution < 1.29 is 4.79 Å². The van der Waals surface area contributed by atoms with E-state index in [1.165, 1.54) is 32.1 Å². The fraction of sp³-hybridized carbons (Fsp3) is 0.750. The molecule has 0 atom stereocenters. The Morgan fingerprint density at radius 3 is 2.40 bits per heavy atom. The minimum atomic E-state index is 0.210. The van der Waals surface area contributed by atoms with Gasteiger partial charge in [0.05, 0.1) is 23.8 Å². The molecule has 4 aliphatic carbocycles. The van der Waals surface area contributed by atoms with Crippen LogP contribution in [-0.4, -0.2) is 22.1 Å². The highest BCUT2D eigenvalue weighted by Crippen LogP contribution is 2.58. The SMILES string of the molecule is O=C1CNCc2nn(C3C4CC5CC(C4)CC3C5)cc21. The van der Waals surface area contributed by atoms with Crippen LogP contribution in [0.5, 0.6) is 0 Å². The van der Waals surface area contributed by atoms with Gasteiger partial charge >= 0.3 is 0 Å². The zero-order valence-electron chi connectivity index (χ0n) is 11.7. The minimum absolute atomic E-state index is 0.210. The van der Waals surface area contributed by atoms with E-state index in [1.807, 2.05) is 0 Å². The smallest absolute Gasteiger partial charge is 0.180 e. The van der Waals surface area contributed by atoms with Crippen LogP contribution in [0, 0.1) is 23.7 Å². The predicted molar refractivity (Wildman–Crippen MR) is 74.3 cm³/mol. The molecular formula is C16H21N3O. The van der Waals surface area contributed by atoms with E-state index in [0.29, 0.717) is 12.6 Å². The van der Waals surface area contributed by atoms with Crippen LogP contribution in [0.15, 0.2) is 6.20 Å². The van der Waals surface area contributed by atoms with Gasteiger partial charge in [0, 0.05) is 12.7 Å². The van der Waals surface area contributed by atoms with E-state index < -0.39 is 0 Å². The molecule has 0 radical (unpaired) electrons. The number of carbonyl (C=O) groups is 1. The summed E-state index contributed by atoms with van der Waals surface area (Å²) < 4.78 is 2.18. The average Bonchev–Trinajstić information content (AvgIpc) is 2.82. The molecule has 1 N–H and O–H groups in total. The molecule has 106 valence electrons. The summed E-state index contributed by atoms with van der Waals surface area (Å²) in [6, 6.07) is 0.571. The van der Waals surface area contributed by atoms with Gasteiger partial charge in [-0.1, -0.05) is 0 Å². The number of Topliss-reactive ketones (excluding diaryl/α,β-unsaturated/α-hetero) is 1. The van der Waals surface area contributed by atoms with Gasteiger partial charge in [-0.25, -0.2) is 0 Å². The first-order valence-corrected chi connectivity index (χ1v) is 8.10. The van der Waals surface area contributed by atoms with Crippen LogP contribution in [0.2, 0.25) is 0 Å². The summed E-state index contributed by atoms with van der Waals surface area (Å²) in [6.07, 6.45) is 9.13. The zero-order chi connectivity index (χ0) is 13.3. The highest BCUT2D eigenvalue weighted by atomic mass is 16.1. The second kappa shape index (κ2) is 3.94. The van der Waals surface area contributed by atoms with Crippen LogP contribution in [0.3, 0.4) is 0 Å². The van der Waals surface area contributed by atoms with Crippen LogP contribution in [0.1, 0.15) is 54.2 Å². The Kier molecular flexibility index (Phi) is 2.26. The van der Waals surface area contributed by atoms with E-state index in [0.717, 1.165) is 41.5 Å². The topological polar surface area (TPSA) is 46.9 Å². The Hall–Kier alpha value is -1.16. The number of nitrogens with zero attached hydrogens (tertiary/aromatic N) is 2. The molecule has 0 saturated heterocycles. The molecule has 5 aliphatic rings. The van der Waals surface area contributed by atoms with Crippen molar-refractivity contribution in [3.63, 3.8) is 0 Å². The Morgan fingerprint density at radius 2 is 1.75 bits per heavy atom. The van der Waals surface area contributed by atoms with Crippen LogP contribution in [0.4, 0.5) is 0 Å². The Balaban J connectivity index is 1.53. The third kappa shape index (κ3) is 1.51. The van der Waals surface area contributed by atoms with Gasteiger partial charge in [0.25, 0.3) is 0 Å². The zero-order valence-corrected chi connectivity index (χ0v) is 11.7. The highest BCUT2D eigenvalue weighted by molar-refractivity contribution is 5.99. The third-order valence-corrected chi connectivity index (χ3v) is 6.17. The van der Waals surface area contributed by atoms with Crippen molar-refractivity contribution in [2.45, 2.75) is 44.7 Å². The number of hydrogen-bond acceptors (Lipinski definition) is 3. The lowest BCUT2D eigenvalue weighted by Gasteiger charge is -2.54. The molecular weight excluding hydrogens is 250 g/mol. The van der Waals surface area contributed by atoms with E-state index in [9.17, 15) is 4.79 Å².